The first-order chi connectivity index (χ1) is 10.2. The predicted octanol–water partition coefficient (Wildman–Crippen LogP) is 3.31. The van der Waals surface area contributed by atoms with Crippen LogP contribution in [0.5, 0.6) is 0 Å². The summed E-state index contributed by atoms with van der Waals surface area (Å²) in [6, 6.07) is 10.0. The summed E-state index contributed by atoms with van der Waals surface area (Å²) in [7, 11) is 0. The van der Waals surface area contributed by atoms with E-state index in [9.17, 15) is 0 Å². The van der Waals surface area contributed by atoms with Crippen molar-refractivity contribution in [1.82, 2.24) is 10.1 Å². The van der Waals surface area contributed by atoms with Gasteiger partial charge in [-0.05, 0) is 44.0 Å². The lowest BCUT2D eigenvalue weighted by Crippen LogP contribution is -2.34. The van der Waals surface area contributed by atoms with E-state index < -0.39 is 0 Å². The van der Waals surface area contributed by atoms with Crippen molar-refractivity contribution in [2.75, 3.05) is 19.7 Å². The predicted molar refractivity (Wildman–Crippen MR) is 84.7 cm³/mol. The molecule has 1 aromatic carbocycles. The first kappa shape index (κ1) is 14.8. The number of nitrogens with zero attached hydrogens (tertiary/aromatic N) is 2. The van der Waals surface area contributed by atoms with Gasteiger partial charge in [0.2, 0.25) is 0 Å². The highest BCUT2D eigenvalue weighted by Gasteiger charge is 2.19. The summed E-state index contributed by atoms with van der Waals surface area (Å²) in [4.78, 5) is 2.37. The molecule has 0 spiro atoms. The van der Waals surface area contributed by atoms with Crippen molar-refractivity contribution in [1.29, 1.82) is 0 Å². The van der Waals surface area contributed by atoms with Gasteiger partial charge in [-0.15, -0.1) is 0 Å². The molecule has 2 heterocycles. The first-order valence-electron chi connectivity index (χ1n) is 7.29. The molecule has 0 saturated carbocycles. The fourth-order valence-electron chi connectivity index (χ4n) is 2.72. The zero-order valence-corrected chi connectivity index (χ0v) is 13.4. The second-order valence-corrected chi connectivity index (χ2v) is 6.51. The standard InChI is InChI=1S/C16H19BrN2O2/c17-14-3-1-2-13(8-14)16-9-15(18-21-16)10-19-6-4-12(11-20)5-7-19/h1-3,8-9,12,20H,4-7,10-11H2. The van der Waals surface area contributed by atoms with Crippen LogP contribution in [0.4, 0.5) is 0 Å². The fourth-order valence-corrected chi connectivity index (χ4v) is 3.12. The molecule has 0 aliphatic carbocycles. The largest absolute Gasteiger partial charge is 0.396 e. The van der Waals surface area contributed by atoms with Crippen LogP contribution in [0.15, 0.2) is 39.3 Å². The van der Waals surface area contributed by atoms with Crippen molar-refractivity contribution in [3.63, 3.8) is 0 Å². The van der Waals surface area contributed by atoms with Crippen LogP contribution in [0.1, 0.15) is 18.5 Å². The van der Waals surface area contributed by atoms with E-state index in [0.29, 0.717) is 12.5 Å². The normalized spacial score (nSPS) is 17.2. The van der Waals surface area contributed by atoms with Gasteiger partial charge in [0.1, 0.15) is 0 Å². The van der Waals surface area contributed by atoms with Crippen molar-refractivity contribution >= 4 is 15.9 Å². The molecule has 1 aromatic heterocycles. The average molecular weight is 351 g/mol. The molecule has 21 heavy (non-hydrogen) atoms. The van der Waals surface area contributed by atoms with Gasteiger partial charge in [0.05, 0.1) is 5.69 Å². The van der Waals surface area contributed by atoms with Crippen molar-refractivity contribution in [3.8, 4) is 11.3 Å². The fraction of sp³-hybridized carbons (Fsp3) is 0.438. The molecule has 0 amide bonds. The Labute approximate surface area is 132 Å². The maximum absolute atomic E-state index is 9.17. The number of likely N-dealkylation sites (tertiary alicyclic amines) is 1. The van der Waals surface area contributed by atoms with Crippen LogP contribution in [-0.4, -0.2) is 34.9 Å². The summed E-state index contributed by atoms with van der Waals surface area (Å²) < 4.78 is 6.48. The number of rotatable bonds is 4. The Balaban J connectivity index is 1.63. The molecule has 0 radical (unpaired) electrons. The van der Waals surface area contributed by atoms with Gasteiger partial charge >= 0.3 is 0 Å². The third-order valence-corrected chi connectivity index (χ3v) is 4.51. The van der Waals surface area contributed by atoms with Gasteiger partial charge in [-0.3, -0.25) is 4.90 Å². The molecule has 3 rings (SSSR count). The Morgan fingerprint density at radius 3 is 2.81 bits per heavy atom. The van der Waals surface area contributed by atoms with E-state index in [1.807, 2.05) is 30.3 Å². The molecule has 1 aliphatic rings. The zero-order valence-electron chi connectivity index (χ0n) is 11.8. The van der Waals surface area contributed by atoms with Crippen molar-refractivity contribution in [3.05, 3.63) is 40.5 Å². The van der Waals surface area contributed by atoms with E-state index in [1.54, 1.807) is 0 Å². The molecule has 0 atom stereocenters. The number of aromatic nitrogens is 1. The van der Waals surface area contributed by atoms with Gasteiger partial charge in [0.15, 0.2) is 5.76 Å². The lowest BCUT2D eigenvalue weighted by molar-refractivity contribution is 0.125. The number of piperidine rings is 1. The van der Waals surface area contributed by atoms with E-state index in [-0.39, 0.29) is 0 Å². The van der Waals surface area contributed by atoms with Gasteiger partial charge in [-0.25, -0.2) is 0 Å². The summed E-state index contributed by atoms with van der Waals surface area (Å²) in [6.07, 6.45) is 2.12. The van der Waals surface area contributed by atoms with Crippen LogP contribution < -0.4 is 0 Å². The molecule has 2 aromatic rings. The number of halogens is 1. The van der Waals surface area contributed by atoms with E-state index in [0.717, 1.165) is 54.0 Å². The second-order valence-electron chi connectivity index (χ2n) is 5.59. The lowest BCUT2D eigenvalue weighted by atomic mass is 9.98. The molecule has 1 fully saturated rings. The summed E-state index contributed by atoms with van der Waals surface area (Å²) >= 11 is 3.47. The Hall–Kier alpha value is -1.17. The molecule has 112 valence electrons. The van der Waals surface area contributed by atoms with Crippen LogP contribution >= 0.6 is 15.9 Å². The second kappa shape index (κ2) is 6.73. The van der Waals surface area contributed by atoms with Crippen LogP contribution in [0, 0.1) is 5.92 Å². The van der Waals surface area contributed by atoms with Crippen LogP contribution in [0.2, 0.25) is 0 Å². The maximum atomic E-state index is 9.17. The SMILES string of the molecule is OCC1CCN(Cc2cc(-c3cccc(Br)c3)on2)CC1. The van der Waals surface area contributed by atoms with Gasteiger partial charge in [-0.2, -0.15) is 0 Å². The molecule has 5 heteroatoms. The number of hydrogen-bond donors (Lipinski definition) is 1. The van der Waals surface area contributed by atoms with Crippen molar-refractivity contribution in [2.45, 2.75) is 19.4 Å². The molecule has 0 bridgehead atoms. The topological polar surface area (TPSA) is 49.5 Å². The Morgan fingerprint density at radius 2 is 2.10 bits per heavy atom. The molecule has 1 aliphatic heterocycles. The highest BCUT2D eigenvalue weighted by atomic mass is 79.9. The Bertz CT molecular complexity index is 591. The summed E-state index contributed by atoms with van der Waals surface area (Å²) in [6.45, 7) is 3.16. The highest BCUT2D eigenvalue weighted by molar-refractivity contribution is 9.10. The maximum Gasteiger partial charge on any atom is 0.167 e. The number of benzene rings is 1. The minimum absolute atomic E-state index is 0.310. The van der Waals surface area contributed by atoms with E-state index in [1.165, 1.54) is 0 Å². The monoisotopic (exact) mass is 350 g/mol. The molecule has 0 unspecified atom stereocenters. The molecular formula is C16H19BrN2O2. The van der Waals surface area contributed by atoms with Gasteiger partial charge in [-0.1, -0.05) is 33.2 Å². The Kier molecular flexibility index (Phi) is 4.73. The number of hydrogen-bond acceptors (Lipinski definition) is 4. The summed E-state index contributed by atoms with van der Waals surface area (Å²) in [5.41, 5.74) is 1.99. The summed E-state index contributed by atoms with van der Waals surface area (Å²) in [5, 5.41) is 13.3. The molecule has 4 nitrogen and oxygen atoms in total. The van der Waals surface area contributed by atoms with E-state index in [2.05, 4.69) is 26.0 Å². The van der Waals surface area contributed by atoms with Crippen molar-refractivity contribution in [2.24, 2.45) is 5.92 Å². The highest BCUT2D eigenvalue weighted by Crippen LogP contribution is 2.25. The quantitative estimate of drug-likeness (QED) is 0.918. The minimum Gasteiger partial charge on any atom is -0.396 e. The summed E-state index contributed by atoms with van der Waals surface area (Å²) in [5.74, 6) is 1.27. The minimum atomic E-state index is 0.310. The zero-order chi connectivity index (χ0) is 14.7. The first-order valence-corrected chi connectivity index (χ1v) is 8.08. The average Bonchev–Trinajstić information content (AvgIpc) is 2.97. The number of aliphatic hydroxyl groups excluding tert-OH is 1. The van der Waals surface area contributed by atoms with Crippen LogP contribution in [0.3, 0.4) is 0 Å². The van der Waals surface area contributed by atoms with Crippen molar-refractivity contribution < 1.29 is 9.63 Å². The lowest BCUT2D eigenvalue weighted by Gasteiger charge is -2.30. The van der Waals surface area contributed by atoms with Crippen LogP contribution in [-0.2, 0) is 6.54 Å². The smallest absolute Gasteiger partial charge is 0.167 e. The molecule has 1 N–H and O–H groups in total. The van der Waals surface area contributed by atoms with Gasteiger partial charge in [0.25, 0.3) is 0 Å². The van der Waals surface area contributed by atoms with E-state index >= 15 is 0 Å². The number of aliphatic hydroxyl groups is 1. The molecular weight excluding hydrogens is 332 g/mol. The Morgan fingerprint density at radius 1 is 1.29 bits per heavy atom. The van der Waals surface area contributed by atoms with E-state index in [4.69, 9.17) is 9.63 Å². The van der Waals surface area contributed by atoms with Gasteiger partial charge in [0, 0.05) is 29.3 Å². The third kappa shape index (κ3) is 3.73. The molecule has 1 saturated heterocycles. The third-order valence-electron chi connectivity index (χ3n) is 4.02. The van der Waals surface area contributed by atoms with Crippen LogP contribution in [0.25, 0.3) is 11.3 Å². The van der Waals surface area contributed by atoms with Gasteiger partial charge < -0.3 is 9.63 Å².